The van der Waals surface area contributed by atoms with E-state index in [1.54, 1.807) is 18.2 Å². The highest BCUT2D eigenvalue weighted by Crippen LogP contribution is 2.38. The van der Waals surface area contributed by atoms with Gasteiger partial charge >= 0.3 is 0 Å². The third-order valence-electron chi connectivity index (χ3n) is 5.89. The summed E-state index contributed by atoms with van der Waals surface area (Å²) in [4.78, 5) is 1.83. The molecular formula is C24H24F2O5S. The predicted octanol–water partition coefficient (Wildman–Crippen LogP) is 3.36. The first-order valence-corrected chi connectivity index (χ1v) is 11.1. The second kappa shape index (κ2) is 9.35. The highest BCUT2D eigenvalue weighted by atomic mass is 32.1. The summed E-state index contributed by atoms with van der Waals surface area (Å²) in [7, 11) is 0. The summed E-state index contributed by atoms with van der Waals surface area (Å²) in [5.74, 6) is -1.06. The maximum atomic E-state index is 14.8. The van der Waals surface area contributed by atoms with Gasteiger partial charge < -0.3 is 25.2 Å². The lowest BCUT2D eigenvalue weighted by atomic mass is 9.89. The van der Waals surface area contributed by atoms with Crippen LogP contribution in [0.3, 0.4) is 0 Å². The molecule has 8 heteroatoms. The van der Waals surface area contributed by atoms with E-state index in [9.17, 15) is 29.2 Å². The van der Waals surface area contributed by atoms with Gasteiger partial charge in [0.05, 0.1) is 6.61 Å². The summed E-state index contributed by atoms with van der Waals surface area (Å²) >= 11 is 1.47. The van der Waals surface area contributed by atoms with Crippen molar-refractivity contribution in [3.63, 3.8) is 0 Å². The number of halogens is 2. The van der Waals surface area contributed by atoms with Crippen LogP contribution in [0, 0.1) is 11.6 Å². The van der Waals surface area contributed by atoms with Crippen molar-refractivity contribution in [1.29, 1.82) is 0 Å². The largest absolute Gasteiger partial charge is 0.394 e. The minimum absolute atomic E-state index is 0.314. The number of hydrogen-bond donors (Lipinski definition) is 4. The molecule has 0 saturated carbocycles. The molecule has 170 valence electrons. The van der Waals surface area contributed by atoms with Crippen molar-refractivity contribution in [3.8, 4) is 10.4 Å². The van der Waals surface area contributed by atoms with Gasteiger partial charge in [-0.05, 0) is 53.1 Å². The van der Waals surface area contributed by atoms with Crippen LogP contribution in [0.5, 0.6) is 0 Å². The fraction of sp³-hybridized carbons (Fsp3) is 0.333. The second-order valence-electron chi connectivity index (χ2n) is 7.96. The number of aliphatic hydroxyl groups excluding tert-OH is 4. The molecule has 1 aromatic heterocycles. The van der Waals surface area contributed by atoms with Crippen LogP contribution in [-0.2, 0) is 4.74 Å². The van der Waals surface area contributed by atoms with Crippen LogP contribution in [0.4, 0.5) is 8.78 Å². The summed E-state index contributed by atoms with van der Waals surface area (Å²) in [6, 6.07) is 14.3. The van der Waals surface area contributed by atoms with Gasteiger partial charge in [-0.25, -0.2) is 8.78 Å². The molecule has 1 saturated heterocycles. The van der Waals surface area contributed by atoms with Gasteiger partial charge in [-0.2, -0.15) is 0 Å². The molecule has 2 heterocycles. The van der Waals surface area contributed by atoms with Gasteiger partial charge in [0.25, 0.3) is 0 Å². The molecule has 1 aliphatic heterocycles. The third kappa shape index (κ3) is 4.34. The van der Waals surface area contributed by atoms with Crippen LogP contribution in [-0.4, -0.2) is 51.4 Å². The topological polar surface area (TPSA) is 90.2 Å². The van der Waals surface area contributed by atoms with Crippen molar-refractivity contribution in [2.45, 2.75) is 43.4 Å². The molecule has 1 aliphatic rings. The fourth-order valence-corrected chi connectivity index (χ4v) is 5.04. The quantitative estimate of drug-likeness (QED) is 0.467. The normalized spacial score (nSPS) is 26.8. The van der Waals surface area contributed by atoms with Gasteiger partial charge in [0.1, 0.15) is 42.2 Å². The maximum Gasteiger partial charge on any atom is 0.127 e. The summed E-state index contributed by atoms with van der Waals surface area (Å²) < 4.78 is 33.6. The number of hydrogen-bond acceptors (Lipinski definition) is 6. The first-order chi connectivity index (χ1) is 15.3. The number of thiophene rings is 1. The lowest BCUT2D eigenvalue weighted by molar-refractivity contribution is -0.231. The summed E-state index contributed by atoms with van der Waals surface area (Å²) in [6.07, 6.45) is -6.48. The van der Waals surface area contributed by atoms with Crippen molar-refractivity contribution in [2.24, 2.45) is 0 Å². The van der Waals surface area contributed by atoms with Crippen molar-refractivity contribution in [3.05, 3.63) is 82.2 Å². The first kappa shape index (κ1) is 23.0. The van der Waals surface area contributed by atoms with E-state index in [2.05, 4.69) is 0 Å². The average molecular weight is 463 g/mol. The summed E-state index contributed by atoms with van der Waals surface area (Å²) in [5, 5.41) is 39.9. The minimum atomic E-state index is -1.51. The summed E-state index contributed by atoms with van der Waals surface area (Å²) in [5.41, 5.74) is 1.68. The Hall–Kier alpha value is -2.20. The fourth-order valence-electron chi connectivity index (χ4n) is 3.96. The number of aliphatic hydroxyl groups is 4. The van der Waals surface area contributed by atoms with Gasteiger partial charge in [0.15, 0.2) is 0 Å². The highest BCUT2D eigenvalue weighted by molar-refractivity contribution is 7.15. The van der Waals surface area contributed by atoms with E-state index < -0.39 is 42.9 Å². The minimum Gasteiger partial charge on any atom is -0.394 e. The second-order valence-corrected chi connectivity index (χ2v) is 9.08. The molecule has 4 rings (SSSR count). The Bertz CT molecular complexity index is 1070. The molecule has 0 radical (unpaired) electrons. The Morgan fingerprint density at radius 1 is 0.938 bits per heavy atom. The SMILES string of the molecule is CC(c1ccc(-c2ccc(F)cc2)s1)c1cc([C@@H]2O[C@H](CO)[C@@H](O)[C@H](O)[C@H]2O)ccc1F. The van der Waals surface area contributed by atoms with E-state index in [0.717, 1.165) is 15.3 Å². The van der Waals surface area contributed by atoms with E-state index in [0.29, 0.717) is 11.1 Å². The molecule has 0 bridgehead atoms. The van der Waals surface area contributed by atoms with Crippen LogP contribution in [0.15, 0.2) is 54.6 Å². The molecular weight excluding hydrogens is 438 g/mol. The van der Waals surface area contributed by atoms with E-state index in [4.69, 9.17) is 4.74 Å². The van der Waals surface area contributed by atoms with Crippen molar-refractivity contribution in [2.75, 3.05) is 6.61 Å². The molecule has 0 aliphatic carbocycles. The maximum absolute atomic E-state index is 14.8. The van der Waals surface area contributed by atoms with Crippen LogP contribution >= 0.6 is 11.3 Å². The van der Waals surface area contributed by atoms with Crippen LogP contribution in [0.1, 0.15) is 34.9 Å². The van der Waals surface area contributed by atoms with Crippen molar-refractivity contribution >= 4 is 11.3 Å². The molecule has 6 atom stereocenters. The van der Waals surface area contributed by atoms with Gasteiger partial charge in [-0.3, -0.25) is 0 Å². The Balaban J connectivity index is 1.62. The Morgan fingerprint density at radius 2 is 1.66 bits per heavy atom. The number of rotatable bonds is 5. The van der Waals surface area contributed by atoms with E-state index in [1.165, 1.54) is 35.6 Å². The molecule has 0 spiro atoms. The molecule has 5 nitrogen and oxygen atoms in total. The van der Waals surface area contributed by atoms with Gasteiger partial charge in [-0.1, -0.05) is 25.1 Å². The van der Waals surface area contributed by atoms with Crippen molar-refractivity contribution < 1.29 is 33.9 Å². The molecule has 32 heavy (non-hydrogen) atoms. The molecule has 2 aromatic carbocycles. The van der Waals surface area contributed by atoms with Gasteiger partial charge in [0, 0.05) is 15.7 Å². The smallest absolute Gasteiger partial charge is 0.127 e. The average Bonchev–Trinajstić information content (AvgIpc) is 3.29. The van der Waals surface area contributed by atoms with Crippen LogP contribution in [0.2, 0.25) is 0 Å². The number of benzene rings is 2. The van der Waals surface area contributed by atoms with Gasteiger partial charge in [-0.15, -0.1) is 11.3 Å². The monoisotopic (exact) mass is 462 g/mol. The van der Waals surface area contributed by atoms with Crippen LogP contribution < -0.4 is 0 Å². The molecule has 1 fully saturated rings. The molecule has 0 amide bonds. The Kier molecular flexibility index (Phi) is 6.71. The highest BCUT2D eigenvalue weighted by Gasteiger charge is 2.44. The number of ether oxygens (including phenoxy) is 1. The third-order valence-corrected chi connectivity index (χ3v) is 7.21. The Labute approximate surface area is 188 Å². The molecule has 1 unspecified atom stereocenters. The zero-order valence-corrected chi connectivity index (χ0v) is 18.0. The molecule has 3 aromatic rings. The van der Waals surface area contributed by atoms with Crippen LogP contribution in [0.25, 0.3) is 10.4 Å². The standard InChI is InChI=1S/C24H24F2O5S/c1-12(19-8-9-20(32-19)13-2-5-15(25)6-3-13)16-10-14(4-7-17(16)26)24-23(30)22(29)21(28)18(11-27)31-24/h2-10,12,18,21-24,27-30H,11H2,1H3/t12?,18-,21-,22+,23-,24+/m1/s1. The first-order valence-electron chi connectivity index (χ1n) is 10.3. The lowest BCUT2D eigenvalue weighted by Crippen LogP contribution is -2.55. The summed E-state index contributed by atoms with van der Waals surface area (Å²) in [6.45, 7) is 1.32. The predicted molar refractivity (Wildman–Crippen MR) is 116 cm³/mol. The Morgan fingerprint density at radius 3 is 2.34 bits per heavy atom. The van der Waals surface area contributed by atoms with Gasteiger partial charge in [0.2, 0.25) is 0 Å². The zero-order chi connectivity index (χ0) is 23.0. The van der Waals surface area contributed by atoms with Crippen molar-refractivity contribution in [1.82, 2.24) is 0 Å². The molecule has 4 N–H and O–H groups in total. The zero-order valence-electron chi connectivity index (χ0n) is 17.2. The van der Waals surface area contributed by atoms with E-state index in [-0.39, 0.29) is 11.7 Å². The van der Waals surface area contributed by atoms with E-state index in [1.807, 2.05) is 19.1 Å². The van der Waals surface area contributed by atoms with E-state index >= 15 is 0 Å². The lowest BCUT2D eigenvalue weighted by Gasteiger charge is -2.40.